The summed E-state index contributed by atoms with van der Waals surface area (Å²) >= 11 is 2.26. The zero-order valence-corrected chi connectivity index (χ0v) is 24.4. The van der Waals surface area contributed by atoms with Crippen LogP contribution in [0.15, 0.2) is 88.7 Å². The van der Waals surface area contributed by atoms with E-state index in [1.165, 1.54) is 21.2 Å². The molecule has 8 nitrogen and oxygen atoms in total. The van der Waals surface area contributed by atoms with Crippen LogP contribution < -0.4 is 20.0 Å². The average Bonchev–Trinajstić information content (AvgIpc) is 3.41. The molecule has 1 N–H and O–H groups in total. The molecule has 10 heteroatoms. The number of amides is 3. The van der Waals surface area contributed by atoms with Gasteiger partial charge in [0.05, 0.1) is 16.6 Å². The van der Waals surface area contributed by atoms with Crippen LogP contribution >= 0.6 is 23.1 Å². The van der Waals surface area contributed by atoms with Crippen molar-refractivity contribution in [2.24, 2.45) is 5.92 Å². The number of fused-ring (bicyclic) bond motifs is 2. The molecule has 41 heavy (non-hydrogen) atoms. The Morgan fingerprint density at radius 1 is 0.902 bits per heavy atom. The minimum absolute atomic E-state index is 0.195. The summed E-state index contributed by atoms with van der Waals surface area (Å²) in [6.07, 6.45) is 0. The van der Waals surface area contributed by atoms with Crippen LogP contribution in [0.4, 0.5) is 17.1 Å². The van der Waals surface area contributed by atoms with Crippen LogP contribution in [0.5, 0.6) is 0 Å². The first-order chi connectivity index (χ1) is 19.7. The molecule has 2 aliphatic rings. The van der Waals surface area contributed by atoms with Crippen molar-refractivity contribution in [3.05, 3.63) is 105 Å². The van der Waals surface area contributed by atoms with Crippen LogP contribution in [0.3, 0.4) is 0 Å². The monoisotopic (exact) mass is 584 g/mol. The Balaban J connectivity index is 1.41. The largest absolute Gasteiger partial charge is 0.378 e. The van der Waals surface area contributed by atoms with Gasteiger partial charge in [-0.3, -0.25) is 23.7 Å². The summed E-state index contributed by atoms with van der Waals surface area (Å²) in [5.41, 5.74) is 4.08. The standard InChI is InChI=1S/C31H28N4O4S2/c1-18-9-13-20(14-10-18)32-23(36)17-34-30-27(41-31(34)39)24(19-11-15-21(16-12-19)33(2)3)25-26(40-30)29(38)35(28(25)37)22-7-5-4-6-8-22/h4-16,24-26H,17H2,1-3H3,(H,32,36). The third kappa shape index (κ3) is 4.87. The first-order valence-corrected chi connectivity index (χ1v) is 14.9. The highest BCUT2D eigenvalue weighted by atomic mass is 32.2. The van der Waals surface area contributed by atoms with Crippen LogP contribution in [0, 0.1) is 12.8 Å². The third-order valence-corrected chi connectivity index (χ3v) is 10.1. The number of rotatable bonds is 6. The maximum atomic E-state index is 14.0. The highest BCUT2D eigenvalue weighted by Crippen LogP contribution is 2.54. The minimum atomic E-state index is -0.728. The summed E-state index contributed by atoms with van der Waals surface area (Å²) in [5.74, 6) is -2.12. The number of hydrogen-bond acceptors (Lipinski definition) is 7. The fourth-order valence-electron chi connectivity index (χ4n) is 5.41. The van der Waals surface area contributed by atoms with Gasteiger partial charge in [0.2, 0.25) is 17.7 Å². The SMILES string of the molecule is Cc1ccc(NC(=O)Cn2c3c(sc2=O)C(c2ccc(N(C)C)cc2)C2C(=O)N(c4ccccc4)C(=O)C2S3)cc1. The molecule has 208 valence electrons. The maximum absolute atomic E-state index is 14.0. The summed E-state index contributed by atoms with van der Waals surface area (Å²) in [7, 11) is 3.90. The van der Waals surface area contributed by atoms with Gasteiger partial charge in [-0.05, 0) is 48.9 Å². The predicted octanol–water partition coefficient (Wildman–Crippen LogP) is 4.72. The van der Waals surface area contributed by atoms with E-state index >= 15 is 0 Å². The molecule has 1 saturated heterocycles. The molecule has 3 aromatic carbocycles. The number of thiazole rings is 1. The summed E-state index contributed by atoms with van der Waals surface area (Å²) in [5, 5.41) is 2.69. The van der Waals surface area contributed by atoms with Crippen molar-refractivity contribution in [3.63, 3.8) is 0 Å². The fraction of sp³-hybridized carbons (Fsp3) is 0.226. The van der Waals surface area contributed by atoms with E-state index in [4.69, 9.17) is 0 Å². The molecule has 6 rings (SSSR count). The van der Waals surface area contributed by atoms with Gasteiger partial charge in [-0.2, -0.15) is 0 Å². The topological polar surface area (TPSA) is 91.7 Å². The molecule has 3 unspecified atom stereocenters. The lowest BCUT2D eigenvalue weighted by atomic mass is 9.83. The number of thioether (sulfide) groups is 1. The third-order valence-electron chi connectivity index (χ3n) is 7.47. The quantitative estimate of drug-likeness (QED) is 0.330. The Labute approximate surface area is 245 Å². The molecule has 0 aliphatic carbocycles. The van der Waals surface area contributed by atoms with E-state index in [2.05, 4.69) is 5.32 Å². The molecular formula is C31H28N4O4S2. The number of anilines is 3. The van der Waals surface area contributed by atoms with Crippen LogP contribution in [0.1, 0.15) is 21.9 Å². The first-order valence-electron chi connectivity index (χ1n) is 13.2. The van der Waals surface area contributed by atoms with Gasteiger partial charge in [0.1, 0.15) is 11.8 Å². The number of carbonyl (C=O) groups excluding carboxylic acids is 3. The minimum Gasteiger partial charge on any atom is -0.378 e. The van der Waals surface area contributed by atoms with Gasteiger partial charge in [0.15, 0.2) is 0 Å². The maximum Gasteiger partial charge on any atom is 0.308 e. The number of carbonyl (C=O) groups is 3. The second kappa shape index (κ2) is 10.7. The summed E-state index contributed by atoms with van der Waals surface area (Å²) in [6.45, 7) is 1.77. The molecule has 2 aliphatic heterocycles. The summed E-state index contributed by atoms with van der Waals surface area (Å²) < 4.78 is 1.44. The molecule has 1 aromatic heterocycles. The van der Waals surface area contributed by atoms with E-state index in [1.807, 2.05) is 80.5 Å². The molecule has 0 spiro atoms. The van der Waals surface area contributed by atoms with E-state index in [1.54, 1.807) is 24.3 Å². The van der Waals surface area contributed by atoms with Gasteiger partial charge in [0.25, 0.3) is 0 Å². The number of imide groups is 1. The summed E-state index contributed by atoms with van der Waals surface area (Å²) in [6, 6.07) is 24.2. The molecular weight excluding hydrogens is 556 g/mol. The number of aryl methyl sites for hydroxylation is 1. The van der Waals surface area contributed by atoms with Gasteiger partial charge in [-0.15, -0.1) is 0 Å². The van der Waals surface area contributed by atoms with E-state index in [9.17, 15) is 19.2 Å². The van der Waals surface area contributed by atoms with Crippen LogP contribution in [0.25, 0.3) is 0 Å². The van der Waals surface area contributed by atoms with Gasteiger partial charge in [-0.1, -0.05) is 71.1 Å². The van der Waals surface area contributed by atoms with E-state index in [0.29, 0.717) is 21.3 Å². The lowest BCUT2D eigenvalue weighted by Crippen LogP contribution is -2.33. The van der Waals surface area contributed by atoms with E-state index < -0.39 is 17.1 Å². The highest BCUT2D eigenvalue weighted by Gasteiger charge is 2.56. The van der Waals surface area contributed by atoms with E-state index in [-0.39, 0.29) is 29.1 Å². The number of benzene rings is 3. The molecule has 0 bridgehead atoms. The molecule has 0 radical (unpaired) electrons. The number of aromatic nitrogens is 1. The average molecular weight is 585 g/mol. The van der Waals surface area contributed by atoms with Crippen molar-refractivity contribution in [1.82, 2.24) is 4.57 Å². The van der Waals surface area contributed by atoms with Crippen LogP contribution in [0.2, 0.25) is 0 Å². The number of nitrogens with one attached hydrogen (secondary N) is 1. The Hall–Kier alpha value is -4.15. The van der Waals surface area contributed by atoms with Crippen LogP contribution in [-0.4, -0.2) is 41.6 Å². The van der Waals surface area contributed by atoms with Gasteiger partial charge < -0.3 is 10.2 Å². The van der Waals surface area contributed by atoms with Crippen molar-refractivity contribution in [1.29, 1.82) is 0 Å². The van der Waals surface area contributed by atoms with Crippen LogP contribution in [-0.2, 0) is 20.9 Å². The molecule has 3 atom stereocenters. The normalized spacial score (nSPS) is 19.6. The van der Waals surface area contributed by atoms with Gasteiger partial charge in [0, 0.05) is 36.3 Å². The lowest BCUT2D eigenvalue weighted by molar-refractivity contribution is -0.122. The molecule has 1 fully saturated rings. The van der Waals surface area contributed by atoms with Gasteiger partial charge >= 0.3 is 4.87 Å². The Morgan fingerprint density at radius 2 is 1.59 bits per heavy atom. The van der Waals surface area contributed by atoms with Crippen molar-refractivity contribution in [2.45, 2.75) is 29.7 Å². The molecule has 3 heterocycles. The Kier molecular flexibility index (Phi) is 7.04. The Bertz CT molecular complexity index is 1690. The number of hydrogen-bond donors (Lipinski definition) is 1. The predicted molar refractivity (Wildman–Crippen MR) is 163 cm³/mol. The van der Waals surface area contributed by atoms with Crippen molar-refractivity contribution in [3.8, 4) is 0 Å². The van der Waals surface area contributed by atoms with Crippen molar-refractivity contribution < 1.29 is 14.4 Å². The van der Waals surface area contributed by atoms with Crippen molar-refractivity contribution >= 4 is 57.9 Å². The molecule has 0 saturated carbocycles. The zero-order chi connectivity index (χ0) is 28.8. The van der Waals surface area contributed by atoms with E-state index in [0.717, 1.165) is 28.2 Å². The smallest absolute Gasteiger partial charge is 0.308 e. The first kappa shape index (κ1) is 27.0. The number of para-hydroxylation sites is 1. The lowest BCUT2D eigenvalue weighted by Gasteiger charge is -2.31. The second-order valence-corrected chi connectivity index (χ2v) is 12.5. The summed E-state index contributed by atoms with van der Waals surface area (Å²) in [4.78, 5) is 57.8. The zero-order valence-electron chi connectivity index (χ0n) is 22.7. The highest BCUT2D eigenvalue weighted by molar-refractivity contribution is 8.00. The van der Waals surface area contributed by atoms with Gasteiger partial charge in [-0.25, -0.2) is 4.90 Å². The Morgan fingerprint density at radius 3 is 2.24 bits per heavy atom. The number of nitrogens with zero attached hydrogens (tertiary/aromatic N) is 3. The van der Waals surface area contributed by atoms with Crippen molar-refractivity contribution in [2.75, 3.05) is 29.2 Å². The molecule has 3 amide bonds. The molecule has 4 aromatic rings. The second-order valence-electron chi connectivity index (χ2n) is 10.4. The fourth-order valence-corrected chi connectivity index (χ4v) is 8.18.